The van der Waals surface area contributed by atoms with Gasteiger partial charge in [0.15, 0.2) is 0 Å². The first kappa shape index (κ1) is 35.5. The molecular weight excluding hydrogens is 435 g/mol. The highest BCUT2D eigenvalue weighted by Crippen LogP contribution is 2.32. The number of hydrogen-bond acceptors (Lipinski definition) is 9. The summed E-state index contributed by atoms with van der Waals surface area (Å²) in [4.78, 5) is 4.57. The molecule has 1 saturated heterocycles. The van der Waals surface area contributed by atoms with E-state index in [1.54, 1.807) is 45.7 Å². The van der Waals surface area contributed by atoms with Gasteiger partial charge in [-0.25, -0.2) is 0 Å². The third-order valence-corrected chi connectivity index (χ3v) is 7.52. The molecule has 0 atom stereocenters. The zero-order valence-corrected chi connectivity index (χ0v) is 22.4. The fraction of sp³-hybridized carbons (Fsp3) is 0.882. The molecule has 0 bridgehead atoms. The van der Waals surface area contributed by atoms with E-state index in [9.17, 15) is 0 Å². The Morgan fingerprint density at radius 1 is 1.07 bits per heavy atom. The van der Waals surface area contributed by atoms with Gasteiger partial charge in [-0.1, -0.05) is 48.3 Å². The fourth-order valence-electron chi connectivity index (χ4n) is 1.19. The summed E-state index contributed by atoms with van der Waals surface area (Å²) in [6.07, 6.45) is 13.8. The average molecular weight is 475 g/mol. The van der Waals surface area contributed by atoms with Crippen molar-refractivity contribution in [3.8, 4) is 0 Å². The number of rotatable bonds is 7. The standard InChI is InChI=1S/C6H13NOS2.C5H13NS2.C4H8O.C2H5S.B/c1-6(2,10-9-4)5-7-8-3;1-5(2,4-6)8-7-3;1-2-4-5-3-1;1-3-2;/h5H,1-4H3;4,6H2,1-3H3;1-4H2;1H2,2H3;/q;;;+1;/b7-5+;;;;. The van der Waals surface area contributed by atoms with E-state index in [1.165, 1.54) is 24.6 Å². The first-order chi connectivity index (χ1) is 12.2. The molecule has 10 heteroatoms. The average Bonchev–Trinajstić information content (AvgIpc) is 3.14. The van der Waals surface area contributed by atoms with Gasteiger partial charge in [0.05, 0.1) is 22.7 Å². The smallest absolute Gasteiger partial charge is 0.128 e. The molecule has 0 aromatic rings. The molecule has 0 aliphatic carbocycles. The molecule has 0 aromatic heterocycles. The molecule has 2 N–H and O–H groups in total. The van der Waals surface area contributed by atoms with Gasteiger partial charge < -0.3 is 15.3 Å². The number of nitrogens with two attached hydrogens (primary N) is 1. The van der Waals surface area contributed by atoms with E-state index in [0.29, 0.717) is 0 Å². The first-order valence-corrected chi connectivity index (χ1v) is 14.7. The van der Waals surface area contributed by atoms with Crippen molar-refractivity contribution in [3.05, 3.63) is 6.26 Å². The molecule has 0 spiro atoms. The van der Waals surface area contributed by atoms with Gasteiger partial charge in [-0.15, -0.1) is 0 Å². The lowest BCUT2D eigenvalue weighted by molar-refractivity contribution is 0.198. The van der Waals surface area contributed by atoms with Gasteiger partial charge >= 0.3 is 0 Å². The molecular formula is C17H39BN2O2S5+. The summed E-state index contributed by atoms with van der Waals surface area (Å²) in [6, 6.07) is 0. The van der Waals surface area contributed by atoms with E-state index in [2.05, 4.69) is 50.2 Å². The zero-order valence-electron chi connectivity index (χ0n) is 18.3. The van der Waals surface area contributed by atoms with Crippen LogP contribution >= 0.6 is 54.9 Å². The molecule has 27 heavy (non-hydrogen) atoms. The summed E-state index contributed by atoms with van der Waals surface area (Å²) >= 11 is 1.50. The van der Waals surface area contributed by atoms with Crippen LogP contribution in [0.1, 0.15) is 40.5 Å². The van der Waals surface area contributed by atoms with Gasteiger partial charge in [0, 0.05) is 39.2 Å². The van der Waals surface area contributed by atoms with E-state index in [1.807, 2.05) is 23.3 Å². The lowest BCUT2D eigenvalue weighted by Crippen LogP contribution is -2.25. The number of thioether (sulfide) groups is 1. The Morgan fingerprint density at radius 2 is 1.52 bits per heavy atom. The zero-order chi connectivity index (χ0) is 20.9. The fourth-order valence-corrected chi connectivity index (χ4v) is 5.20. The second-order valence-corrected chi connectivity index (χ2v) is 12.8. The third kappa shape index (κ3) is 34.9. The summed E-state index contributed by atoms with van der Waals surface area (Å²) in [5, 5.41) is 3.70. The molecule has 1 aliphatic heterocycles. The first-order valence-electron chi connectivity index (χ1n) is 8.23. The Morgan fingerprint density at radius 3 is 1.74 bits per heavy atom. The van der Waals surface area contributed by atoms with Crippen LogP contribution in [0.3, 0.4) is 0 Å². The van der Waals surface area contributed by atoms with Gasteiger partial charge in [0.25, 0.3) is 0 Å². The minimum Gasteiger partial charge on any atom is -0.399 e. The SMILES string of the molecule is C1CCOC1.CO/N=C/C(C)(C)SSC.CSSC(C)(C)CN.[B].[CH2+]SC. The van der Waals surface area contributed by atoms with Crippen molar-refractivity contribution in [3.63, 3.8) is 0 Å². The predicted octanol–water partition coefficient (Wildman–Crippen LogP) is 5.70. The maximum absolute atomic E-state index is 5.46. The van der Waals surface area contributed by atoms with Crippen molar-refractivity contribution >= 4 is 69.6 Å². The van der Waals surface area contributed by atoms with Crippen molar-refractivity contribution in [2.45, 2.75) is 50.0 Å². The summed E-state index contributed by atoms with van der Waals surface area (Å²) in [5.41, 5.74) is 5.46. The lowest BCUT2D eigenvalue weighted by atomic mass is 10.2. The van der Waals surface area contributed by atoms with Crippen LogP contribution in [-0.2, 0) is 9.57 Å². The van der Waals surface area contributed by atoms with Gasteiger partial charge in [0.1, 0.15) is 13.4 Å². The van der Waals surface area contributed by atoms with Crippen molar-refractivity contribution in [1.82, 2.24) is 0 Å². The highest BCUT2D eigenvalue weighted by molar-refractivity contribution is 8.77. The topological polar surface area (TPSA) is 56.8 Å². The van der Waals surface area contributed by atoms with Gasteiger partial charge in [0.2, 0.25) is 0 Å². The van der Waals surface area contributed by atoms with Crippen LogP contribution in [0.25, 0.3) is 0 Å². The van der Waals surface area contributed by atoms with Gasteiger partial charge in [-0.2, -0.15) is 0 Å². The third-order valence-electron chi connectivity index (χ3n) is 2.39. The van der Waals surface area contributed by atoms with Crippen molar-refractivity contribution in [2.75, 3.05) is 45.6 Å². The van der Waals surface area contributed by atoms with Crippen LogP contribution in [-0.4, -0.2) is 69.8 Å². The number of hydrogen-bond donors (Lipinski definition) is 1. The molecule has 0 saturated carbocycles. The normalized spacial score (nSPS) is 13.2. The summed E-state index contributed by atoms with van der Waals surface area (Å²) in [6.45, 7) is 11.2. The summed E-state index contributed by atoms with van der Waals surface area (Å²) < 4.78 is 5.26. The van der Waals surface area contributed by atoms with E-state index < -0.39 is 0 Å². The van der Waals surface area contributed by atoms with Gasteiger partial charge in [-0.3, -0.25) is 0 Å². The van der Waals surface area contributed by atoms with Gasteiger partial charge in [-0.05, 0) is 53.0 Å². The lowest BCUT2D eigenvalue weighted by Gasteiger charge is -2.18. The maximum Gasteiger partial charge on any atom is 0.128 e. The highest BCUT2D eigenvalue weighted by atomic mass is 33.1. The number of ether oxygens (including phenoxy) is 1. The van der Waals surface area contributed by atoms with Crippen LogP contribution in [0.4, 0.5) is 0 Å². The van der Waals surface area contributed by atoms with Crippen molar-refractivity contribution < 1.29 is 9.57 Å². The molecule has 1 aliphatic rings. The van der Waals surface area contributed by atoms with Crippen LogP contribution in [0.15, 0.2) is 5.16 Å². The molecule has 1 rings (SSSR count). The van der Waals surface area contributed by atoms with Crippen LogP contribution in [0.2, 0.25) is 0 Å². The molecule has 0 unspecified atom stereocenters. The van der Waals surface area contributed by atoms with Crippen LogP contribution < -0.4 is 5.73 Å². The quantitative estimate of drug-likeness (QED) is 0.166. The molecule has 0 amide bonds. The molecule has 4 nitrogen and oxygen atoms in total. The van der Waals surface area contributed by atoms with Crippen LogP contribution in [0.5, 0.6) is 0 Å². The largest absolute Gasteiger partial charge is 0.399 e. The minimum absolute atomic E-state index is 0. The van der Waals surface area contributed by atoms with E-state index in [0.717, 1.165) is 19.8 Å². The van der Waals surface area contributed by atoms with E-state index in [-0.39, 0.29) is 17.9 Å². The van der Waals surface area contributed by atoms with E-state index in [4.69, 9.17) is 10.5 Å². The second-order valence-electron chi connectivity index (χ2n) is 6.09. The second kappa shape index (κ2) is 25.1. The summed E-state index contributed by atoms with van der Waals surface area (Å²) in [5.74, 6) is 0. The highest BCUT2D eigenvalue weighted by Gasteiger charge is 2.15. The van der Waals surface area contributed by atoms with E-state index >= 15 is 0 Å². The number of nitrogens with zero attached hydrogens (tertiary/aromatic N) is 1. The molecule has 0 aromatic carbocycles. The predicted molar refractivity (Wildman–Crippen MR) is 140 cm³/mol. The molecule has 1 fully saturated rings. The monoisotopic (exact) mass is 474 g/mol. The molecule has 3 radical (unpaired) electrons. The number of oxime groups is 1. The Kier molecular flexibility index (Phi) is 33.0. The van der Waals surface area contributed by atoms with Crippen molar-refractivity contribution in [1.29, 1.82) is 0 Å². The van der Waals surface area contributed by atoms with Crippen LogP contribution in [0, 0.1) is 6.26 Å². The Balaban J connectivity index is -0.000000139. The molecule has 1 heterocycles. The Labute approximate surface area is 191 Å². The van der Waals surface area contributed by atoms with Crippen molar-refractivity contribution in [2.24, 2.45) is 10.9 Å². The molecule has 161 valence electrons. The Bertz CT molecular complexity index is 301. The summed E-state index contributed by atoms with van der Waals surface area (Å²) in [7, 11) is 8.64. The maximum atomic E-state index is 5.46. The minimum atomic E-state index is 0. The Hall–Kier alpha value is 1.07.